The van der Waals surface area contributed by atoms with Gasteiger partial charge in [-0.05, 0) is 24.3 Å². The van der Waals surface area contributed by atoms with E-state index in [1.165, 1.54) is 11.3 Å². The summed E-state index contributed by atoms with van der Waals surface area (Å²) in [6, 6.07) is 14.9. The largest absolute Gasteiger partial charge is 0.323 e. The van der Waals surface area contributed by atoms with Crippen LogP contribution in [-0.4, -0.2) is 48.9 Å². The van der Waals surface area contributed by atoms with E-state index in [0.29, 0.717) is 10.8 Å². The maximum absolute atomic E-state index is 12.7. The van der Waals surface area contributed by atoms with Crippen LogP contribution in [0.5, 0.6) is 0 Å². The molecular formula is C20H19N3O3S3. The average molecular weight is 446 g/mol. The predicted molar refractivity (Wildman–Crippen MR) is 117 cm³/mol. The molecule has 0 atom stereocenters. The fourth-order valence-electron chi connectivity index (χ4n) is 2.94. The molecule has 0 bridgehead atoms. The lowest BCUT2D eigenvalue weighted by atomic mass is 10.2. The third-order valence-corrected chi connectivity index (χ3v) is 8.02. The fourth-order valence-corrected chi connectivity index (χ4v) is 5.84. The molecule has 1 saturated heterocycles. The van der Waals surface area contributed by atoms with Gasteiger partial charge in [0.05, 0.1) is 15.5 Å². The Hall–Kier alpha value is -2.36. The monoisotopic (exact) mass is 445 g/mol. The van der Waals surface area contributed by atoms with Gasteiger partial charge in [0.1, 0.15) is 0 Å². The van der Waals surface area contributed by atoms with Crippen LogP contribution in [0.1, 0.15) is 0 Å². The summed E-state index contributed by atoms with van der Waals surface area (Å²) < 4.78 is 25.4. The van der Waals surface area contributed by atoms with Crippen molar-refractivity contribution in [3.8, 4) is 11.3 Å². The maximum atomic E-state index is 12.7. The summed E-state index contributed by atoms with van der Waals surface area (Å²) in [6.07, 6.45) is 0. The highest BCUT2D eigenvalue weighted by molar-refractivity contribution is 7.99. The summed E-state index contributed by atoms with van der Waals surface area (Å²) in [5.41, 5.74) is 1.49. The van der Waals surface area contributed by atoms with Crippen molar-refractivity contribution in [1.82, 2.24) is 9.88 Å². The quantitative estimate of drug-likeness (QED) is 0.650. The zero-order chi connectivity index (χ0) is 20.3. The molecule has 0 radical (unpaired) electrons. The van der Waals surface area contributed by atoms with Crippen LogP contribution >= 0.6 is 23.1 Å². The van der Waals surface area contributed by atoms with Crippen molar-refractivity contribution in [2.75, 3.05) is 29.9 Å². The lowest BCUT2D eigenvalue weighted by Gasteiger charge is -2.25. The van der Waals surface area contributed by atoms with Gasteiger partial charge in [0, 0.05) is 35.5 Å². The molecule has 0 saturated carbocycles. The minimum Gasteiger partial charge on any atom is -0.323 e. The lowest BCUT2D eigenvalue weighted by Crippen LogP contribution is -2.40. The summed E-state index contributed by atoms with van der Waals surface area (Å²) in [6.45, 7) is 1.48. The van der Waals surface area contributed by atoms with Gasteiger partial charge in [-0.15, -0.1) is 11.3 Å². The predicted octanol–water partition coefficient (Wildman–Crippen LogP) is 4.22. The van der Waals surface area contributed by atoms with Gasteiger partial charge >= 0.3 is 6.03 Å². The lowest BCUT2D eigenvalue weighted by molar-refractivity contribution is 0.217. The van der Waals surface area contributed by atoms with Gasteiger partial charge in [0.25, 0.3) is 0 Å². The van der Waals surface area contributed by atoms with Crippen LogP contribution in [0, 0.1) is 0 Å². The SMILES string of the molecule is O=C(Nc1nc(-c2ccc(S(=O)(=O)c3ccccc3)cc2)cs1)N1CCSCC1. The van der Waals surface area contributed by atoms with Gasteiger partial charge in [-0.2, -0.15) is 11.8 Å². The average Bonchev–Trinajstić information content (AvgIpc) is 3.23. The maximum Gasteiger partial charge on any atom is 0.323 e. The number of thiazole rings is 1. The van der Waals surface area contributed by atoms with Gasteiger partial charge in [0.15, 0.2) is 5.13 Å². The molecule has 2 aromatic carbocycles. The summed E-state index contributed by atoms with van der Waals surface area (Å²) in [4.78, 5) is 19.1. The number of amides is 2. The number of rotatable bonds is 4. The molecule has 3 aromatic rings. The van der Waals surface area contributed by atoms with Crippen molar-refractivity contribution < 1.29 is 13.2 Å². The molecule has 0 spiro atoms. The second kappa shape index (κ2) is 8.56. The number of benzene rings is 2. The summed E-state index contributed by atoms with van der Waals surface area (Å²) in [5.74, 6) is 1.91. The molecule has 2 heterocycles. The minimum absolute atomic E-state index is 0.129. The standard InChI is InChI=1S/C20H19N3O3S3/c24-20(23-10-12-27-13-11-23)22-19-21-18(14-28-19)15-6-8-17(9-7-15)29(25,26)16-4-2-1-3-5-16/h1-9,14H,10-13H2,(H,21,22,24). The molecule has 0 aliphatic carbocycles. The second-order valence-corrected chi connectivity index (χ2v) is 10.4. The first-order chi connectivity index (χ1) is 14.0. The normalized spacial score (nSPS) is 14.6. The van der Waals surface area contributed by atoms with E-state index in [2.05, 4.69) is 10.3 Å². The van der Waals surface area contributed by atoms with Crippen molar-refractivity contribution in [1.29, 1.82) is 0 Å². The number of carbonyl (C=O) groups is 1. The molecule has 1 aromatic heterocycles. The van der Waals surface area contributed by atoms with E-state index >= 15 is 0 Å². The van der Waals surface area contributed by atoms with Crippen LogP contribution in [0.2, 0.25) is 0 Å². The van der Waals surface area contributed by atoms with E-state index in [-0.39, 0.29) is 15.8 Å². The van der Waals surface area contributed by atoms with E-state index in [0.717, 1.165) is 30.2 Å². The van der Waals surface area contributed by atoms with Crippen molar-refractivity contribution in [3.63, 3.8) is 0 Å². The number of nitrogens with one attached hydrogen (secondary N) is 1. The van der Waals surface area contributed by atoms with Crippen LogP contribution in [0.4, 0.5) is 9.93 Å². The molecule has 6 nitrogen and oxygen atoms in total. The number of hydrogen-bond acceptors (Lipinski definition) is 6. The van der Waals surface area contributed by atoms with Crippen LogP contribution < -0.4 is 5.32 Å². The highest BCUT2D eigenvalue weighted by Crippen LogP contribution is 2.28. The first kappa shape index (κ1) is 19.9. The molecular weight excluding hydrogens is 426 g/mol. The molecule has 150 valence electrons. The second-order valence-electron chi connectivity index (χ2n) is 6.41. The number of urea groups is 1. The molecule has 1 aliphatic heterocycles. The van der Waals surface area contributed by atoms with Gasteiger partial charge < -0.3 is 4.90 Å². The van der Waals surface area contributed by atoms with Crippen molar-refractivity contribution in [2.45, 2.75) is 9.79 Å². The van der Waals surface area contributed by atoms with E-state index in [1.54, 1.807) is 59.5 Å². The van der Waals surface area contributed by atoms with Crippen LogP contribution in [0.25, 0.3) is 11.3 Å². The molecule has 29 heavy (non-hydrogen) atoms. The number of thioether (sulfide) groups is 1. The fraction of sp³-hybridized carbons (Fsp3) is 0.200. The highest BCUT2D eigenvalue weighted by Gasteiger charge is 2.19. The topological polar surface area (TPSA) is 79.4 Å². The van der Waals surface area contributed by atoms with Gasteiger partial charge in [-0.1, -0.05) is 30.3 Å². The Morgan fingerprint density at radius 1 is 0.966 bits per heavy atom. The van der Waals surface area contributed by atoms with Crippen LogP contribution in [-0.2, 0) is 9.84 Å². The third-order valence-electron chi connectivity index (χ3n) is 4.53. The number of sulfone groups is 1. The Balaban J connectivity index is 1.48. The Kier molecular flexibility index (Phi) is 5.89. The number of anilines is 1. The van der Waals surface area contributed by atoms with Gasteiger partial charge in [0.2, 0.25) is 9.84 Å². The van der Waals surface area contributed by atoms with Crippen molar-refractivity contribution >= 4 is 44.1 Å². The van der Waals surface area contributed by atoms with Crippen LogP contribution in [0.15, 0.2) is 69.8 Å². The Bertz CT molecular complexity index is 1090. The van der Waals surface area contributed by atoms with E-state index < -0.39 is 9.84 Å². The Morgan fingerprint density at radius 2 is 1.62 bits per heavy atom. The van der Waals surface area contributed by atoms with Gasteiger partial charge in [-0.3, -0.25) is 5.32 Å². The van der Waals surface area contributed by atoms with Crippen LogP contribution in [0.3, 0.4) is 0 Å². The first-order valence-electron chi connectivity index (χ1n) is 9.04. The zero-order valence-electron chi connectivity index (χ0n) is 15.4. The van der Waals surface area contributed by atoms with E-state index in [4.69, 9.17) is 0 Å². The summed E-state index contributed by atoms with van der Waals surface area (Å²) >= 11 is 3.20. The molecule has 9 heteroatoms. The third kappa shape index (κ3) is 4.47. The number of carbonyl (C=O) groups excluding carboxylic acids is 1. The number of aromatic nitrogens is 1. The highest BCUT2D eigenvalue weighted by atomic mass is 32.2. The number of hydrogen-bond donors (Lipinski definition) is 1. The molecule has 2 amide bonds. The van der Waals surface area contributed by atoms with Gasteiger partial charge in [-0.25, -0.2) is 18.2 Å². The Morgan fingerprint density at radius 3 is 2.31 bits per heavy atom. The number of nitrogens with zero attached hydrogens (tertiary/aromatic N) is 2. The van der Waals surface area contributed by atoms with E-state index in [1.807, 2.05) is 17.1 Å². The molecule has 0 unspecified atom stereocenters. The molecule has 1 fully saturated rings. The molecule has 1 aliphatic rings. The van der Waals surface area contributed by atoms with Crippen molar-refractivity contribution in [3.05, 3.63) is 60.0 Å². The first-order valence-corrected chi connectivity index (χ1v) is 12.6. The molecule has 1 N–H and O–H groups in total. The summed E-state index contributed by atoms with van der Waals surface area (Å²) in [7, 11) is -3.54. The Labute approximate surface area is 177 Å². The smallest absolute Gasteiger partial charge is 0.323 e. The van der Waals surface area contributed by atoms with Crippen molar-refractivity contribution in [2.24, 2.45) is 0 Å². The summed E-state index contributed by atoms with van der Waals surface area (Å²) in [5, 5.41) is 5.23. The zero-order valence-corrected chi connectivity index (χ0v) is 17.9. The minimum atomic E-state index is -3.54. The molecule has 4 rings (SSSR count). The van der Waals surface area contributed by atoms with E-state index in [9.17, 15) is 13.2 Å².